The van der Waals surface area contributed by atoms with Gasteiger partial charge in [-0.3, -0.25) is 0 Å². The second-order valence-electron chi connectivity index (χ2n) is 5.14. The quantitative estimate of drug-likeness (QED) is 0.811. The van der Waals surface area contributed by atoms with Gasteiger partial charge in [0.05, 0.1) is 11.6 Å². The van der Waals surface area contributed by atoms with Gasteiger partial charge in [-0.2, -0.15) is 13.2 Å². The molecule has 21 heavy (non-hydrogen) atoms. The Morgan fingerprint density at radius 1 is 0.905 bits per heavy atom. The average Bonchev–Trinajstić information content (AvgIpc) is 2.35. The second-order valence-corrected chi connectivity index (χ2v) is 5.14. The summed E-state index contributed by atoms with van der Waals surface area (Å²) >= 11 is 0. The Labute approximate surface area is 120 Å². The molecule has 0 heterocycles. The van der Waals surface area contributed by atoms with Crippen LogP contribution in [0.25, 0.3) is 0 Å². The van der Waals surface area contributed by atoms with Crippen molar-refractivity contribution in [3.8, 4) is 0 Å². The van der Waals surface area contributed by atoms with Crippen molar-refractivity contribution in [2.45, 2.75) is 26.1 Å². The first kappa shape index (κ1) is 15.5. The fraction of sp³-hybridized carbons (Fsp3) is 0.250. The van der Waals surface area contributed by atoms with Crippen molar-refractivity contribution in [1.29, 1.82) is 0 Å². The van der Waals surface area contributed by atoms with Gasteiger partial charge in [0, 0.05) is 0 Å². The molecule has 0 fully saturated rings. The summed E-state index contributed by atoms with van der Waals surface area (Å²) in [6, 6.07) is 7.77. The molecule has 2 N–H and O–H groups in total. The maximum atomic E-state index is 13.6. The zero-order chi connectivity index (χ0) is 15.8. The summed E-state index contributed by atoms with van der Waals surface area (Å²) in [5.41, 5.74) is 7.80. The minimum Gasteiger partial charge on any atom is -0.320 e. The molecule has 0 aliphatic carbocycles. The number of nitrogens with two attached hydrogens (primary N) is 1. The van der Waals surface area contributed by atoms with Crippen LogP contribution in [0.1, 0.15) is 33.9 Å². The fourth-order valence-electron chi connectivity index (χ4n) is 2.34. The summed E-state index contributed by atoms with van der Waals surface area (Å²) < 4.78 is 51.2. The predicted molar refractivity (Wildman–Crippen MR) is 73.3 cm³/mol. The lowest BCUT2D eigenvalue weighted by Gasteiger charge is -2.16. The van der Waals surface area contributed by atoms with Crippen molar-refractivity contribution >= 4 is 0 Å². The van der Waals surface area contributed by atoms with Gasteiger partial charge in [-0.05, 0) is 37.1 Å². The molecule has 2 aromatic rings. The van der Waals surface area contributed by atoms with Crippen LogP contribution in [0.3, 0.4) is 0 Å². The minimum absolute atomic E-state index is 0.311. The smallest absolute Gasteiger partial charge is 0.320 e. The molecule has 2 rings (SSSR count). The van der Waals surface area contributed by atoms with E-state index < -0.39 is 23.6 Å². The summed E-state index contributed by atoms with van der Waals surface area (Å²) in [6.45, 7) is 3.80. The lowest BCUT2D eigenvalue weighted by Crippen LogP contribution is -2.14. The van der Waals surface area contributed by atoms with Gasteiger partial charge in [-0.1, -0.05) is 35.4 Å². The van der Waals surface area contributed by atoms with Crippen molar-refractivity contribution in [2.24, 2.45) is 5.73 Å². The zero-order valence-corrected chi connectivity index (χ0v) is 11.6. The molecular formula is C16H15F4N. The maximum absolute atomic E-state index is 13.6. The van der Waals surface area contributed by atoms with Gasteiger partial charge in [-0.15, -0.1) is 0 Å². The van der Waals surface area contributed by atoms with Crippen LogP contribution in [0, 0.1) is 19.7 Å². The molecular weight excluding hydrogens is 282 g/mol. The van der Waals surface area contributed by atoms with E-state index in [1.807, 2.05) is 32.0 Å². The van der Waals surface area contributed by atoms with Crippen LogP contribution in [-0.2, 0) is 6.18 Å². The molecule has 0 aromatic heterocycles. The molecule has 0 bridgehead atoms. The fourth-order valence-corrected chi connectivity index (χ4v) is 2.34. The van der Waals surface area contributed by atoms with E-state index in [1.54, 1.807) is 0 Å². The molecule has 1 atom stereocenters. The van der Waals surface area contributed by atoms with Crippen molar-refractivity contribution in [2.75, 3.05) is 0 Å². The summed E-state index contributed by atoms with van der Waals surface area (Å²) in [4.78, 5) is 0. The normalized spacial score (nSPS) is 13.3. The lowest BCUT2D eigenvalue weighted by molar-refractivity contribution is -0.140. The highest BCUT2D eigenvalue weighted by molar-refractivity contribution is 5.38. The Balaban J connectivity index is 2.40. The molecule has 1 unspecified atom stereocenters. The molecule has 0 aliphatic heterocycles. The number of hydrogen-bond donors (Lipinski definition) is 1. The molecule has 0 spiro atoms. The first-order valence-corrected chi connectivity index (χ1v) is 6.39. The van der Waals surface area contributed by atoms with E-state index in [9.17, 15) is 17.6 Å². The minimum atomic E-state index is -4.70. The lowest BCUT2D eigenvalue weighted by atomic mass is 9.95. The van der Waals surface area contributed by atoms with Crippen LogP contribution in [0.15, 0.2) is 36.4 Å². The molecule has 1 nitrogen and oxygen atoms in total. The monoisotopic (exact) mass is 297 g/mol. The van der Waals surface area contributed by atoms with E-state index in [4.69, 9.17) is 5.73 Å². The van der Waals surface area contributed by atoms with Crippen molar-refractivity contribution < 1.29 is 17.6 Å². The zero-order valence-electron chi connectivity index (χ0n) is 11.6. The maximum Gasteiger partial charge on any atom is 0.419 e. The van der Waals surface area contributed by atoms with Crippen LogP contribution >= 0.6 is 0 Å². The van der Waals surface area contributed by atoms with E-state index in [0.29, 0.717) is 5.56 Å². The second kappa shape index (κ2) is 5.48. The molecule has 2 aromatic carbocycles. The molecule has 0 radical (unpaired) electrons. The summed E-state index contributed by atoms with van der Waals surface area (Å²) in [7, 11) is 0. The largest absolute Gasteiger partial charge is 0.419 e. The number of hydrogen-bond acceptors (Lipinski definition) is 1. The van der Waals surface area contributed by atoms with Crippen LogP contribution in [0.5, 0.6) is 0 Å². The summed E-state index contributed by atoms with van der Waals surface area (Å²) in [5, 5.41) is 0. The molecule has 5 heteroatoms. The van der Waals surface area contributed by atoms with Gasteiger partial charge in [-0.25, -0.2) is 4.39 Å². The van der Waals surface area contributed by atoms with E-state index in [2.05, 4.69) is 0 Å². The molecule has 0 aliphatic rings. The van der Waals surface area contributed by atoms with Crippen LogP contribution in [-0.4, -0.2) is 0 Å². The number of aryl methyl sites for hydroxylation is 2. The number of benzene rings is 2. The van der Waals surface area contributed by atoms with Crippen LogP contribution in [0.2, 0.25) is 0 Å². The summed E-state index contributed by atoms with van der Waals surface area (Å²) in [6.07, 6.45) is -4.70. The first-order valence-electron chi connectivity index (χ1n) is 6.39. The van der Waals surface area contributed by atoms with Crippen molar-refractivity contribution in [1.82, 2.24) is 0 Å². The molecule has 0 saturated carbocycles. The Morgan fingerprint density at radius 2 is 1.48 bits per heavy atom. The predicted octanol–water partition coefficient (Wildman–Crippen LogP) is 4.51. The van der Waals surface area contributed by atoms with Crippen LogP contribution in [0.4, 0.5) is 17.6 Å². The number of alkyl halides is 3. The van der Waals surface area contributed by atoms with Gasteiger partial charge in [0.1, 0.15) is 5.82 Å². The van der Waals surface area contributed by atoms with E-state index in [0.717, 1.165) is 28.8 Å². The Kier molecular flexibility index (Phi) is 4.05. The molecule has 112 valence electrons. The topological polar surface area (TPSA) is 26.0 Å². The Morgan fingerprint density at radius 3 is 1.95 bits per heavy atom. The highest BCUT2D eigenvalue weighted by Crippen LogP contribution is 2.33. The van der Waals surface area contributed by atoms with Gasteiger partial charge < -0.3 is 5.73 Å². The first-order chi connectivity index (χ1) is 9.68. The van der Waals surface area contributed by atoms with E-state index >= 15 is 0 Å². The Hall–Kier alpha value is -1.88. The highest BCUT2D eigenvalue weighted by Gasteiger charge is 2.34. The SMILES string of the molecule is Cc1cc(C)cc(C(N)c2ccc(C(F)(F)F)c(F)c2)c1. The third-order valence-corrected chi connectivity index (χ3v) is 3.26. The van der Waals surface area contributed by atoms with Gasteiger partial charge in [0.25, 0.3) is 0 Å². The molecule has 0 amide bonds. The van der Waals surface area contributed by atoms with E-state index in [-0.39, 0.29) is 0 Å². The van der Waals surface area contributed by atoms with Crippen molar-refractivity contribution in [3.63, 3.8) is 0 Å². The van der Waals surface area contributed by atoms with Gasteiger partial charge in [0.2, 0.25) is 0 Å². The summed E-state index contributed by atoms with van der Waals surface area (Å²) in [5.74, 6) is -1.31. The van der Waals surface area contributed by atoms with Crippen LogP contribution < -0.4 is 5.73 Å². The molecule has 0 saturated heterocycles. The number of halogens is 4. The number of rotatable bonds is 2. The third kappa shape index (κ3) is 3.42. The highest BCUT2D eigenvalue weighted by atomic mass is 19.4. The standard InChI is InChI=1S/C16H15F4N/c1-9-5-10(2)7-12(6-9)15(21)11-3-4-13(14(17)8-11)16(18,19)20/h3-8,15H,21H2,1-2H3. The van der Waals surface area contributed by atoms with E-state index in [1.165, 1.54) is 6.07 Å². The van der Waals surface area contributed by atoms with Crippen molar-refractivity contribution in [3.05, 3.63) is 70.0 Å². The van der Waals surface area contributed by atoms with Gasteiger partial charge in [0.15, 0.2) is 0 Å². The third-order valence-electron chi connectivity index (χ3n) is 3.26. The Bertz CT molecular complexity index is 642. The van der Waals surface area contributed by atoms with Gasteiger partial charge >= 0.3 is 6.18 Å². The average molecular weight is 297 g/mol.